The van der Waals surface area contributed by atoms with Crippen molar-refractivity contribution in [1.82, 2.24) is 4.90 Å². The van der Waals surface area contributed by atoms with Gasteiger partial charge in [-0.05, 0) is 47.9 Å². The molecule has 1 N–H and O–H groups in total. The minimum Gasteiger partial charge on any atom is -0.455 e. The van der Waals surface area contributed by atoms with Gasteiger partial charge >= 0.3 is 6.03 Å². The summed E-state index contributed by atoms with van der Waals surface area (Å²) in [4.78, 5) is 28.8. The number of hydrogen-bond acceptors (Lipinski definition) is 3. The molecule has 0 unspecified atom stereocenters. The lowest BCUT2D eigenvalue weighted by Gasteiger charge is -2.19. The van der Waals surface area contributed by atoms with Crippen molar-refractivity contribution < 1.29 is 14.3 Å². The van der Waals surface area contributed by atoms with Crippen LogP contribution in [0, 0.1) is 0 Å². The van der Waals surface area contributed by atoms with Crippen molar-refractivity contribution >= 4 is 23.3 Å². The molecule has 0 spiro atoms. The van der Waals surface area contributed by atoms with Crippen LogP contribution in [0.3, 0.4) is 0 Å². The topological polar surface area (TPSA) is 61.9 Å². The largest absolute Gasteiger partial charge is 0.455 e. The van der Waals surface area contributed by atoms with E-state index in [-0.39, 0.29) is 18.5 Å². The van der Waals surface area contributed by atoms with E-state index in [0.29, 0.717) is 36.2 Å². The van der Waals surface area contributed by atoms with E-state index in [0.717, 1.165) is 5.69 Å². The number of amides is 3. The van der Waals surface area contributed by atoms with Gasteiger partial charge in [-0.2, -0.15) is 0 Å². The van der Waals surface area contributed by atoms with E-state index in [9.17, 15) is 9.59 Å². The Balaban J connectivity index is 1.38. The van der Waals surface area contributed by atoms with E-state index < -0.39 is 0 Å². The third kappa shape index (κ3) is 4.91. The van der Waals surface area contributed by atoms with E-state index in [1.807, 2.05) is 66.7 Å². The number of nitrogens with zero attached hydrogens (tertiary/aromatic N) is 2. The van der Waals surface area contributed by atoms with Gasteiger partial charge in [-0.25, -0.2) is 4.79 Å². The fourth-order valence-electron chi connectivity index (χ4n) is 3.65. The average molecular weight is 430 g/mol. The molecule has 6 heteroatoms. The van der Waals surface area contributed by atoms with Crippen LogP contribution in [0.15, 0.2) is 78.9 Å². The molecule has 1 aliphatic heterocycles. The van der Waals surface area contributed by atoms with Gasteiger partial charge in [0.25, 0.3) is 0 Å². The molecule has 3 aromatic carbocycles. The standard InChI is InChI=1S/C26H27N3O3/c1-19(2)20-12-14-21(15-13-20)29-17-16-28(26(29)31)18-25(30)27-23-10-6-7-11-24(23)32-22-8-4-3-5-9-22/h3-15,19H,16-18H2,1-2H3,(H,27,30). The molecule has 1 heterocycles. The Kier molecular flexibility index (Phi) is 6.40. The minimum atomic E-state index is -0.264. The Bertz CT molecular complexity index is 1080. The fraction of sp³-hybridized carbons (Fsp3) is 0.231. The highest BCUT2D eigenvalue weighted by Crippen LogP contribution is 2.29. The first-order valence-electron chi connectivity index (χ1n) is 10.8. The van der Waals surface area contributed by atoms with Crippen molar-refractivity contribution in [3.05, 3.63) is 84.4 Å². The molecule has 4 rings (SSSR count). The van der Waals surface area contributed by atoms with Crippen LogP contribution in [-0.2, 0) is 4.79 Å². The second-order valence-corrected chi connectivity index (χ2v) is 8.06. The Morgan fingerprint density at radius 2 is 1.62 bits per heavy atom. The zero-order valence-corrected chi connectivity index (χ0v) is 18.3. The molecule has 3 aromatic rings. The van der Waals surface area contributed by atoms with Crippen molar-refractivity contribution in [3.63, 3.8) is 0 Å². The van der Waals surface area contributed by atoms with Crippen LogP contribution in [0.5, 0.6) is 11.5 Å². The molecule has 3 amide bonds. The quantitative estimate of drug-likeness (QED) is 0.541. The number of urea groups is 1. The number of carbonyl (C=O) groups is 2. The highest BCUT2D eigenvalue weighted by Gasteiger charge is 2.31. The molecular formula is C26H27N3O3. The van der Waals surface area contributed by atoms with Gasteiger partial charge in [-0.1, -0.05) is 56.3 Å². The Morgan fingerprint density at radius 3 is 2.34 bits per heavy atom. The van der Waals surface area contributed by atoms with Gasteiger partial charge in [0.05, 0.1) is 5.69 Å². The Morgan fingerprint density at radius 1 is 0.938 bits per heavy atom. The third-order valence-electron chi connectivity index (χ3n) is 5.43. The van der Waals surface area contributed by atoms with Crippen LogP contribution in [-0.4, -0.2) is 36.5 Å². The number of benzene rings is 3. The van der Waals surface area contributed by atoms with Gasteiger partial charge in [-0.15, -0.1) is 0 Å². The maximum atomic E-state index is 12.9. The molecule has 0 saturated carbocycles. The molecule has 0 bridgehead atoms. The van der Waals surface area contributed by atoms with Gasteiger partial charge in [0.2, 0.25) is 5.91 Å². The van der Waals surface area contributed by atoms with Crippen molar-refractivity contribution in [2.45, 2.75) is 19.8 Å². The van der Waals surface area contributed by atoms with Crippen LogP contribution in [0.1, 0.15) is 25.3 Å². The Hall–Kier alpha value is -3.80. The van der Waals surface area contributed by atoms with E-state index in [4.69, 9.17) is 4.74 Å². The molecule has 0 radical (unpaired) electrons. The first kappa shape index (κ1) is 21.4. The lowest BCUT2D eigenvalue weighted by atomic mass is 10.0. The van der Waals surface area contributed by atoms with E-state index in [2.05, 4.69) is 19.2 Å². The monoisotopic (exact) mass is 429 g/mol. The zero-order valence-electron chi connectivity index (χ0n) is 18.3. The Labute approximate surface area is 188 Å². The van der Waals surface area contributed by atoms with Gasteiger partial charge in [-0.3, -0.25) is 9.69 Å². The van der Waals surface area contributed by atoms with Crippen LogP contribution in [0.25, 0.3) is 0 Å². The minimum absolute atomic E-state index is 0.0148. The lowest BCUT2D eigenvalue weighted by molar-refractivity contribution is -0.116. The summed E-state index contributed by atoms with van der Waals surface area (Å²) >= 11 is 0. The molecule has 1 saturated heterocycles. The van der Waals surface area contributed by atoms with Crippen molar-refractivity contribution in [1.29, 1.82) is 0 Å². The first-order valence-corrected chi connectivity index (χ1v) is 10.8. The van der Waals surface area contributed by atoms with Crippen molar-refractivity contribution in [3.8, 4) is 11.5 Å². The van der Waals surface area contributed by atoms with Gasteiger partial charge < -0.3 is 15.0 Å². The number of hydrogen-bond donors (Lipinski definition) is 1. The summed E-state index contributed by atoms with van der Waals surface area (Å²) in [6.45, 7) is 5.32. The summed E-state index contributed by atoms with van der Waals surface area (Å²) in [6.07, 6.45) is 0. The molecule has 6 nitrogen and oxygen atoms in total. The van der Waals surface area contributed by atoms with E-state index in [1.54, 1.807) is 21.9 Å². The number of rotatable bonds is 7. The normalized spacial score (nSPS) is 13.5. The third-order valence-corrected chi connectivity index (χ3v) is 5.43. The number of carbonyl (C=O) groups excluding carboxylic acids is 2. The van der Waals surface area contributed by atoms with Gasteiger partial charge in [0, 0.05) is 18.8 Å². The molecule has 0 atom stereocenters. The highest BCUT2D eigenvalue weighted by molar-refractivity contribution is 5.99. The summed E-state index contributed by atoms with van der Waals surface area (Å²) in [7, 11) is 0. The molecule has 0 aromatic heterocycles. The molecule has 0 aliphatic carbocycles. The number of nitrogens with one attached hydrogen (secondary N) is 1. The first-order chi connectivity index (χ1) is 15.5. The number of anilines is 2. The second kappa shape index (κ2) is 9.56. The molecule has 1 aliphatic rings. The summed E-state index contributed by atoms with van der Waals surface area (Å²) in [5.41, 5.74) is 2.64. The molecular weight excluding hydrogens is 402 g/mol. The summed E-state index contributed by atoms with van der Waals surface area (Å²) in [6, 6.07) is 24.5. The zero-order chi connectivity index (χ0) is 22.5. The average Bonchev–Trinajstić information content (AvgIpc) is 3.15. The van der Waals surface area contributed by atoms with E-state index in [1.165, 1.54) is 5.56 Å². The number of para-hydroxylation sites is 3. The van der Waals surface area contributed by atoms with Crippen molar-refractivity contribution in [2.24, 2.45) is 0 Å². The maximum Gasteiger partial charge on any atom is 0.325 e. The molecule has 1 fully saturated rings. The van der Waals surface area contributed by atoms with Crippen molar-refractivity contribution in [2.75, 3.05) is 29.9 Å². The molecule has 32 heavy (non-hydrogen) atoms. The predicted molar refractivity (Wildman–Crippen MR) is 126 cm³/mol. The summed E-state index contributed by atoms with van der Waals surface area (Å²) in [5, 5.41) is 2.88. The fourth-order valence-corrected chi connectivity index (χ4v) is 3.65. The maximum absolute atomic E-state index is 12.9. The SMILES string of the molecule is CC(C)c1ccc(N2CCN(CC(=O)Nc3ccccc3Oc3ccccc3)C2=O)cc1. The van der Waals surface area contributed by atoms with Crippen LogP contribution >= 0.6 is 0 Å². The summed E-state index contributed by atoms with van der Waals surface area (Å²) < 4.78 is 5.90. The smallest absolute Gasteiger partial charge is 0.325 e. The number of ether oxygens (including phenoxy) is 1. The predicted octanol–water partition coefficient (Wildman–Crippen LogP) is 5.48. The molecule has 164 valence electrons. The van der Waals surface area contributed by atoms with E-state index >= 15 is 0 Å². The lowest BCUT2D eigenvalue weighted by Crippen LogP contribution is -2.37. The van der Waals surface area contributed by atoms with Gasteiger partial charge in [0.1, 0.15) is 12.3 Å². The van der Waals surface area contributed by atoms with Crippen LogP contribution in [0.4, 0.5) is 16.2 Å². The second-order valence-electron chi connectivity index (χ2n) is 8.06. The summed E-state index contributed by atoms with van der Waals surface area (Å²) in [5.74, 6) is 1.40. The van der Waals surface area contributed by atoms with Gasteiger partial charge in [0.15, 0.2) is 5.75 Å². The van der Waals surface area contributed by atoms with Crippen LogP contribution in [0.2, 0.25) is 0 Å². The van der Waals surface area contributed by atoms with Crippen LogP contribution < -0.4 is 15.0 Å². The highest BCUT2D eigenvalue weighted by atomic mass is 16.5.